The van der Waals surface area contributed by atoms with Gasteiger partial charge >= 0.3 is 0 Å². The van der Waals surface area contributed by atoms with Crippen molar-refractivity contribution in [1.29, 1.82) is 0 Å². The fourth-order valence-corrected chi connectivity index (χ4v) is 4.98. The second kappa shape index (κ2) is 5.01. The van der Waals surface area contributed by atoms with Crippen LogP contribution in [0.15, 0.2) is 11.8 Å². The highest BCUT2D eigenvalue weighted by atomic mass is 32.2. The lowest BCUT2D eigenvalue weighted by Crippen LogP contribution is -2.38. The summed E-state index contributed by atoms with van der Waals surface area (Å²) >= 11 is 0. The Labute approximate surface area is 104 Å². The molecule has 1 aliphatic carbocycles. The maximum absolute atomic E-state index is 12.0. The summed E-state index contributed by atoms with van der Waals surface area (Å²) in [4.78, 5) is 0. The third-order valence-electron chi connectivity index (χ3n) is 4.19. The SMILES string of the molecule is CCC1(COC=C2CCCC2)CCCS1(=O)=O. The van der Waals surface area contributed by atoms with Gasteiger partial charge in [-0.05, 0) is 50.5 Å². The van der Waals surface area contributed by atoms with Crippen molar-refractivity contribution in [2.24, 2.45) is 0 Å². The van der Waals surface area contributed by atoms with Crippen LogP contribution < -0.4 is 0 Å². The summed E-state index contributed by atoms with van der Waals surface area (Å²) in [5.41, 5.74) is 1.34. The Hall–Kier alpha value is -0.510. The van der Waals surface area contributed by atoms with E-state index in [4.69, 9.17) is 4.74 Å². The van der Waals surface area contributed by atoms with Crippen LogP contribution in [0.5, 0.6) is 0 Å². The Morgan fingerprint density at radius 1 is 1.29 bits per heavy atom. The molecule has 0 N–H and O–H groups in total. The normalized spacial score (nSPS) is 31.7. The first kappa shape index (κ1) is 12.9. The minimum Gasteiger partial charge on any atom is -0.500 e. The van der Waals surface area contributed by atoms with Gasteiger partial charge in [-0.15, -0.1) is 0 Å². The van der Waals surface area contributed by atoms with Crippen molar-refractivity contribution in [3.05, 3.63) is 11.8 Å². The predicted molar refractivity (Wildman–Crippen MR) is 68.5 cm³/mol. The lowest BCUT2D eigenvalue weighted by atomic mass is 10.0. The van der Waals surface area contributed by atoms with E-state index in [-0.39, 0.29) is 0 Å². The van der Waals surface area contributed by atoms with Gasteiger partial charge in [-0.25, -0.2) is 8.42 Å². The average molecular weight is 258 g/mol. The molecule has 0 spiro atoms. The summed E-state index contributed by atoms with van der Waals surface area (Å²) in [6, 6.07) is 0. The second-order valence-electron chi connectivity index (χ2n) is 5.25. The molecular weight excluding hydrogens is 236 g/mol. The van der Waals surface area contributed by atoms with E-state index in [0.29, 0.717) is 18.8 Å². The van der Waals surface area contributed by atoms with Crippen molar-refractivity contribution in [3.8, 4) is 0 Å². The molecule has 0 aromatic heterocycles. The van der Waals surface area contributed by atoms with E-state index in [1.165, 1.54) is 18.4 Å². The number of hydrogen-bond donors (Lipinski definition) is 0. The van der Waals surface area contributed by atoms with E-state index in [0.717, 1.165) is 25.7 Å². The highest BCUT2D eigenvalue weighted by molar-refractivity contribution is 7.93. The van der Waals surface area contributed by atoms with Gasteiger partial charge in [0.1, 0.15) is 11.4 Å². The topological polar surface area (TPSA) is 43.4 Å². The van der Waals surface area contributed by atoms with E-state index in [1.807, 2.05) is 13.2 Å². The van der Waals surface area contributed by atoms with E-state index >= 15 is 0 Å². The molecule has 1 atom stereocenters. The van der Waals surface area contributed by atoms with Crippen LogP contribution in [0.3, 0.4) is 0 Å². The van der Waals surface area contributed by atoms with E-state index in [1.54, 1.807) is 0 Å². The Bertz CT molecular complexity index is 389. The van der Waals surface area contributed by atoms with Crippen LogP contribution in [0.1, 0.15) is 51.9 Å². The average Bonchev–Trinajstić information content (AvgIpc) is 2.88. The Morgan fingerprint density at radius 3 is 2.53 bits per heavy atom. The molecule has 0 aromatic carbocycles. The predicted octanol–water partition coefficient (Wildman–Crippen LogP) is 2.82. The van der Waals surface area contributed by atoms with Crippen LogP contribution in [0.25, 0.3) is 0 Å². The van der Waals surface area contributed by atoms with E-state index in [9.17, 15) is 8.42 Å². The van der Waals surface area contributed by atoms with Gasteiger partial charge in [-0.2, -0.15) is 0 Å². The van der Waals surface area contributed by atoms with Gasteiger partial charge in [0.2, 0.25) is 0 Å². The molecule has 17 heavy (non-hydrogen) atoms. The van der Waals surface area contributed by atoms with Crippen molar-refractivity contribution >= 4 is 9.84 Å². The molecule has 1 unspecified atom stereocenters. The first-order chi connectivity index (χ1) is 8.10. The minimum absolute atomic E-state index is 0.334. The Kier molecular flexibility index (Phi) is 3.81. The summed E-state index contributed by atoms with van der Waals surface area (Å²) < 4.78 is 29.1. The van der Waals surface area contributed by atoms with Crippen molar-refractivity contribution in [3.63, 3.8) is 0 Å². The molecule has 2 fully saturated rings. The molecule has 1 aliphatic heterocycles. The minimum atomic E-state index is -2.95. The lowest BCUT2D eigenvalue weighted by molar-refractivity contribution is 0.199. The third-order valence-corrected chi connectivity index (χ3v) is 6.95. The van der Waals surface area contributed by atoms with Crippen molar-refractivity contribution in [1.82, 2.24) is 0 Å². The number of hydrogen-bond acceptors (Lipinski definition) is 3. The van der Waals surface area contributed by atoms with Gasteiger partial charge < -0.3 is 4.74 Å². The van der Waals surface area contributed by atoms with Crippen LogP contribution in [-0.2, 0) is 14.6 Å². The number of allylic oxidation sites excluding steroid dienone is 1. The maximum Gasteiger partial charge on any atom is 0.159 e. The molecule has 0 radical (unpaired) electrons. The highest BCUT2D eigenvalue weighted by Gasteiger charge is 2.46. The third kappa shape index (κ3) is 2.51. The van der Waals surface area contributed by atoms with Gasteiger partial charge in [0.25, 0.3) is 0 Å². The molecule has 98 valence electrons. The quantitative estimate of drug-likeness (QED) is 0.728. The first-order valence-corrected chi connectivity index (χ1v) is 8.27. The molecule has 1 heterocycles. The fourth-order valence-electron chi connectivity index (χ4n) is 2.88. The molecule has 2 rings (SSSR count). The van der Waals surface area contributed by atoms with Crippen LogP contribution in [0.2, 0.25) is 0 Å². The molecule has 0 amide bonds. The van der Waals surface area contributed by atoms with Crippen molar-refractivity contribution in [2.75, 3.05) is 12.4 Å². The Morgan fingerprint density at radius 2 is 2.00 bits per heavy atom. The van der Waals surface area contributed by atoms with Crippen LogP contribution in [0, 0.1) is 0 Å². The molecule has 3 nitrogen and oxygen atoms in total. The van der Waals surface area contributed by atoms with Crippen LogP contribution >= 0.6 is 0 Å². The van der Waals surface area contributed by atoms with E-state index in [2.05, 4.69) is 0 Å². The number of ether oxygens (including phenoxy) is 1. The van der Waals surface area contributed by atoms with Crippen molar-refractivity contribution < 1.29 is 13.2 Å². The molecule has 1 saturated carbocycles. The summed E-state index contributed by atoms with van der Waals surface area (Å²) in [5.74, 6) is 0.334. The van der Waals surface area contributed by atoms with Gasteiger partial charge in [0, 0.05) is 0 Å². The largest absolute Gasteiger partial charge is 0.500 e. The fraction of sp³-hybridized carbons (Fsp3) is 0.846. The standard InChI is InChI=1S/C13H22O3S/c1-2-13(8-5-9-17(13,14)15)11-16-10-12-6-3-4-7-12/h10H,2-9,11H2,1H3. The summed E-state index contributed by atoms with van der Waals surface area (Å²) in [7, 11) is -2.95. The molecule has 0 aromatic rings. The number of rotatable bonds is 4. The summed E-state index contributed by atoms with van der Waals surface area (Å²) in [5, 5.41) is 0. The molecule has 1 saturated heterocycles. The Balaban J connectivity index is 1.98. The van der Waals surface area contributed by atoms with Crippen LogP contribution in [-0.4, -0.2) is 25.5 Å². The van der Waals surface area contributed by atoms with Gasteiger partial charge in [0.15, 0.2) is 9.84 Å². The zero-order chi connectivity index (χ0) is 12.4. The molecule has 4 heteroatoms. The van der Waals surface area contributed by atoms with Gasteiger partial charge in [-0.1, -0.05) is 6.92 Å². The second-order valence-corrected chi connectivity index (χ2v) is 7.76. The van der Waals surface area contributed by atoms with Gasteiger partial charge in [0.05, 0.1) is 12.0 Å². The maximum atomic E-state index is 12.0. The van der Waals surface area contributed by atoms with Gasteiger partial charge in [-0.3, -0.25) is 0 Å². The highest BCUT2D eigenvalue weighted by Crippen LogP contribution is 2.36. The first-order valence-electron chi connectivity index (χ1n) is 6.61. The monoisotopic (exact) mass is 258 g/mol. The lowest BCUT2D eigenvalue weighted by Gasteiger charge is -2.25. The molecule has 0 bridgehead atoms. The van der Waals surface area contributed by atoms with Crippen LogP contribution in [0.4, 0.5) is 0 Å². The molecular formula is C13H22O3S. The van der Waals surface area contributed by atoms with Crippen molar-refractivity contribution in [2.45, 2.75) is 56.6 Å². The smallest absolute Gasteiger partial charge is 0.159 e. The zero-order valence-corrected chi connectivity index (χ0v) is 11.4. The summed E-state index contributed by atoms with van der Waals surface area (Å²) in [6.07, 6.45) is 8.75. The van der Waals surface area contributed by atoms with E-state index < -0.39 is 14.6 Å². The zero-order valence-electron chi connectivity index (χ0n) is 10.6. The summed E-state index contributed by atoms with van der Waals surface area (Å²) in [6.45, 7) is 2.30. The molecule has 2 aliphatic rings. The number of sulfone groups is 1.